The van der Waals surface area contributed by atoms with E-state index in [1.165, 1.54) is 22.8 Å². The summed E-state index contributed by atoms with van der Waals surface area (Å²) in [6, 6.07) is 15.0. The maximum absolute atomic E-state index is 13.5. The highest BCUT2D eigenvalue weighted by atomic mass is 19.3. The predicted octanol–water partition coefficient (Wildman–Crippen LogP) is 3.59. The molecule has 4 aromatic rings. The average Bonchev–Trinajstić information content (AvgIpc) is 3.16. The van der Waals surface area contributed by atoms with Gasteiger partial charge in [-0.25, -0.2) is 4.79 Å². The third-order valence-electron chi connectivity index (χ3n) is 5.43. The highest BCUT2D eigenvalue weighted by Gasteiger charge is 2.25. The van der Waals surface area contributed by atoms with Crippen molar-refractivity contribution in [3.63, 3.8) is 0 Å². The molecular formula is C25H26F2N4O5. The number of aliphatic hydroxyl groups excluding tert-OH is 1. The van der Waals surface area contributed by atoms with Gasteiger partial charge in [-0.1, -0.05) is 36.4 Å². The van der Waals surface area contributed by atoms with Crippen molar-refractivity contribution >= 4 is 11.2 Å². The number of aryl methyl sites for hydroxylation is 1. The van der Waals surface area contributed by atoms with E-state index < -0.39 is 17.4 Å². The van der Waals surface area contributed by atoms with Crippen molar-refractivity contribution in [3.8, 4) is 17.5 Å². The van der Waals surface area contributed by atoms with Gasteiger partial charge >= 0.3 is 17.8 Å². The monoisotopic (exact) mass is 500 g/mol. The Labute approximate surface area is 204 Å². The molecule has 0 amide bonds. The van der Waals surface area contributed by atoms with E-state index in [4.69, 9.17) is 4.74 Å². The molecule has 2 aromatic carbocycles. The molecule has 0 bridgehead atoms. The molecule has 0 spiro atoms. The van der Waals surface area contributed by atoms with Crippen LogP contribution < -0.4 is 20.7 Å². The molecular weight excluding hydrogens is 474 g/mol. The van der Waals surface area contributed by atoms with Gasteiger partial charge in [0.25, 0.3) is 5.56 Å². The van der Waals surface area contributed by atoms with E-state index in [1.807, 2.05) is 30.3 Å². The molecule has 0 aliphatic carbocycles. The lowest BCUT2D eigenvalue weighted by Crippen LogP contribution is -2.40. The van der Waals surface area contributed by atoms with Gasteiger partial charge in [0, 0.05) is 32.7 Å². The number of alkyl halides is 2. The Balaban J connectivity index is 1.90. The molecule has 0 radical (unpaired) electrons. The summed E-state index contributed by atoms with van der Waals surface area (Å²) >= 11 is 0. The molecule has 0 saturated heterocycles. The zero-order chi connectivity index (χ0) is 25.9. The smallest absolute Gasteiger partial charge is 0.394 e. The molecule has 0 saturated carbocycles. The van der Waals surface area contributed by atoms with Gasteiger partial charge in [-0.15, -0.1) is 0 Å². The zero-order valence-electron chi connectivity index (χ0n) is 19.9. The van der Waals surface area contributed by atoms with Gasteiger partial charge < -0.3 is 14.6 Å². The topological polar surface area (TPSA) is 101 Å². The van der Waals surface area contributed by atoms with Crippen molar-refractivity contribution in [3.05, 3.63) is 81.0 Å². The third kappa shape index (κ3) is 5.30. The van der Waals surface area contributed by atoms with Gasteiger partial charge in [0.2, 0.25) is 0 Å². The largest absolute Gasteiger partial charge is 0.433 e. The van der Waals surface area contributed by atoms with Gasteiger partial charge in [-0.05, 0) is 31.0 Å². The first-order chi connectivity index (χ1) is 17.2. The number of imidazole rings is 1. The molecule has 190 valence electrons. The van der Waals surface area contributed by atoms with Gasteiger partial charge in [-0.2, -0.15) is 13.8 Å². The summed E-state index contributed by atoms with van der Waals surface area (Å²) in [7, 11) is 0. The molecule has 2 aromatic heterocycles. The van der Waals surface area contributed by atoms with Crippen LogP contribution in [-0.4, -0.2) is 36.5 Å². The molecule has 9 nitrogen and oxygen atoms in total. The Morgan fingerprint density at radius 3 is 2.39 bits per heavy atom. The van der Waals surface area contributed by atoms with Crippen molar-refractivity contribution in [2.45, 2.75) is 46.0 Å². The second-order valence-corrected chi connectivity index (χ2v) is 8.19. The Morgan fingerprint density at radius 1 is 1.00 bits per heavy atom. The highest BCUT2D eigenvalue weighted by Crippen LogP contribution is 2.29. The van der Waals surface area contributed by atoms with E-state index in [2.05, 4.69) is 9.72 Å². The lowest BCUT2D eigenvalue weighted by molar-refractivity contribution is -0.159. The fourth-order valence-corrected chi connectivity index (χ4v) is 3.89. The fourth-order valence-electron chi connectivity index (χ4n) is 3.89. The van der Waals surface area contributed by atoms with Gasteiger partial charge in [0.1, 0.15) is 11.5 Å². The molecule has 0 fully saturated rings. The molecule has 0 aliphatic heterocycles. The number of rotatable bonds is 10. The van der Waals surface area contributed by atoms with Crippen LogP contribution in [0.25, 0.3) is 11.2 Å². The van der Waals surface area contributed by atoms with E-state index in [1.54, 1.807) is 17.6 Å². The Morgan fingerprint density at radius 2 is 1.72 bits per heavy atom. The SMILES string of the molecule is CCn1c(=O)n(CCCO)c(=O)c2c1nc(Oc1cccc(OC(C)(F)F)c1)n2Cc1ccccc1. The first kappa shape index (κ1) is 25.1. The third-order valence-corrected chi connectivity index (χ3v) is 5.43. The molecule has 2 heterocycles. The molecule has 1 N–H and O–H groups in total. The fraction of sp³-hybridized carbons (Fsp3) is 0.320. The molecule has 0 aliphatic rings. The molecule has 4 rings (SSSR count). The summed E-state index contributed by atoms with van der Waals surface area (Å²) < 4.78 is 41.3. The number of halogens is 2. The Hall–Kier alpha value is -3.99. The van der Waals surface area contributed by atoms with Crippen LogP contribution in [0.15, 0.2) is 64.2 Å². The van der Waals surface area contributed by atoms with Crippen molar-refractivity contribution in [2.75, 3.05) is 6.61 Å². The minimum Gasteiger partial charge on any atom is -0.433 e. The number of nitrogens with zero attached hydrogens (tertiary/aromatic N) is 4. The van der Waals surface area contributed by atoms with E-state index in [0.717, 1.165) is 10.1 Å². The van der Waals surface area contributed by atoms with Gasteiger partial charge in [0.15, 0.2) is 11.2 Å². The quantitative estimate of drug-likeness (QED) is 0.357. The number of ether oxygens (including phenoxy) is 2. The minimum atomic E-state index is -3.38. The summed E-state index contributed by atoms with van der Waals surface area (Å²) in [5, 5.41) is 9.24. The van der Waals surface area contributed by atoms with Crippen LogP contribution in [0, 0.1) is 0 Å². The van der Waals surface area contributed by atoms with Crippen molar-refractivity contribution in [2.24, 2.45) is 0 Å². The molecule has 0 atom stereocenters. The van der Waals surface area contributed by atoms with Crippen molar-refractivity contribution < 1.29 is 23.4 Å². The first-order valence-electron chi connectivity index (χ1n) is 11.4. The van der Waals surface area contributed by atoms with Crippen molar-refractivity contribution in [1.82, 2.24) is 18.7 Å². The van der Waals surface area contributed by atoms with Crippen LogP contribution >= 0.6 is 0 Å². The van der Waals surface area contributed by atoms with Crippen LogP contribution in [0.2, 0.25) is 0 Å². The van der Waals surface area contributed by atoms with Crippen LogP contribution in [0.5, 0.6) is 17.5 Å². The summed E-state index contributed by atoms with van der Waals surface area (Å²) in [4.78, 5) is 31.0. The van der Waals surface area contributed by atoms with E-state index >= 15 is 0 Å². The Bertz CT molecular complexity index is 1470. The summed E-state index contributed by atoms with van der Waals surface area (Å²) in [5.41, 5.74) is 0.0425. The zero-order valence-corrected chi connectivity index (χ0v) is 19.9. The lowest BCUT2D eigenvalue weighted by Gasteiger charge is -2.14. The van der Waals surface area contributed by atoms with Crippen LogP contribution in [0.3, 0.4) is 0 Å². The highest BCUT2D eigenvalue weighted by molar-refractivity contribution is 5.72. The number of fused-ring (bicyclic) bond motifs is 1. The van der Waals surface area contributed by atoms with E-state index in [0.29, 0.717) is 6.92 Å². The molecule has 36 heavy (non-hydrogen) atoms. The van der Waals surface area contributed by atoms with E-state index in [9.17, 15) is 23.5 Å². The second-order valence-electron chi connectivity index (χ2n) is 8.19. The molecule has 0 unspecified atom stereocenters. The number of aromatic nitrogens is 4. The number of benzene rings is 2. The van der Waals surface area contributed by atoms with Crippen LogP contribution in [0.4, 0.5) is 8.78 Å². The Kier molecular flexibility index (Phi) is 7.20. The van der Waals surface area contributed by atoms with Crippen molar-refractivity contribution in [1.29, 1.82) is 0 Å². The van der Waals surface area contributed by atoms with Gasteiger partial charge in [0.05, 0.1) is 6.54 Å². The standard InChI is InChI=1S/C25H26F2N4O5/c1-3-29-21-20(22(33)30(24(29)34)13-8-14-32)31(16-17-9-5-4-6-10-17)23(28-21)35-18-11-7-12-19(15-18)36-25(2,26)27/h4-7,9-12,15,32H,3,8,13-14,16H2,1-2H3. The summed E-state index contributed by atoms with van der Waals surface area (Å²) in [6.45, 7) is 2.69. The first-order valence-corrected chi connectivity index (χ1v) is 11.4. The second kappa shape index (κ2) is 10.3. The van der Waals surface area contributed by atoms with Crippen LogP contribution in [0.1, 0.15) is 25.8 Å². The average molecular weight is 501 g/mol. The number of hydrogen-bond donors (Lipinski definition) is 1. The normalized spacial score (nSPS) is 11.7. The van der Waals surface area contributed by atoms with E-state index in [-0.39, 0.29) is 61.3 Å². The number of aliphatic hydroxyl groups is 1. The maximum Gasteiger partial charge on any atom is 0.394 e. The van der Waals surface area contributed by atoms with Crippen LogP contribution in [-0.2, 0) is 19.6 Å². The lowest BCUT2D eigenvalue weighted by atomic mass is 10.2. The summed E-state index contributed by atoms with van der Waals surface area (Å²) in [5.74, 6) is 0.0508. The summed E-state index contributed by atoms with van der Waals surface area (Å²) in [6.07, 6.45) is -3.15. The van der Waals surface area contributed by atoms with Gasteiger partial charge in [-0.3, -0.25) is 18.5 Å². The number of hydrogen-bond acceptors (Lipinski definition) is 6. The maximum atomic E-state index is 13.5. The minimum absolute atomic E-state index is 0.00729. The predicted molar refractivity (Wildman–Crippen MR) is 129 cm³/mol. The molecule has 11 heteroatoms.